The standard InChI is InChI=1S/C25H27FN4O17.2C2H6/c26-15-10(3-1-4-11(15)8-30-22(39,40)24(43,44)47-25(45,46)23(30,41)42)7-27-14-6-2-5-12-13(14)9-29(16(12)31)19(34)17(32)28-18(33)20(35,36)21(19,37)38;2*1-2/h1-6,27,34-46H,7-9H2,(H,28,32,33);2*1-2H3. The van der Waals surface area contributed by atoms with Crippen molar-refractivity contribution in [2.24, 2.45) is 0 Å². The van der Waals surface area contributed by atoms with Crippen molar-refractivity contribution in [1.29, 1.82) is 0 Å². The number of carbonyl (C=O) groups excluding carboxylic acids is 3. The molecule has 3 aliphatic heterocycles. The van der Waals surface area contributed by atoms with Gasteiger partial charge in [0.2, 0.25) is 0 Å². The van der Waals surface area contributed by atoms with Crippen LogP contribution in [0, 0.1) is 5.82 Å². The fraction of sp³-hybridized carbons (Fsp3) is 0.483. The summed E-state index contributed by atoms with van der Waals surface area (Å²) in [5.74, 6) is -31.7. The van der Waals surface area contributed by atoms with Crippen molar-refractivity contribution >= 4 is 23.4 Å². The third-order valence-electron chi connectivity index (χ3n) is 8.06. The molecule has 2 aromatic rings. The Bertz CT molecular complexity index is 1660. The second-order valence-electron chi connectivity index (χ2n) is 10.9. The van der Waals surface area contributed by atoms with Crippen LogP contribution in [-0.4, -0.2) is 135 Å². The zero-order chi connectivity index (χ0) is 39.3. The number of hydrogen-bond acceptors (Lipinski definition) is 19. The van der Waals surface area contributed by atoms with Crippen molar-refractivity contribution in [1.82, 2.24) is 15.1 Å². The van der Waals surface area contributed by atoms with E-state index in [2.05, 4.69) is 10.1 Å². The summed E-state index contributed by atoms with van der Waals surface area (Å²) in [4.78, 5) is 37.2. The summed E-state index contributed by atoms with van der Waals surface area (Å²) < 4.78 is 19.4. The van der Waals surface area contributed by atoms with E-state index in [1.165, 1.54) is 35.6 Å². The average molecular weight is 735 g/mol. The molecule has 1 unspecified atom stereocenters. The van der Waals surface area contributed by atoms with E-state index in [1.807, 2.05) is 27.7 Å². The Hall–Kier alpha value is -3.82. The first kappa shape index (κ1) is 41.6. The van der Waals surface area contributed by atoms with Crippen LogP contribution in [0.15, 0.2) is 36.4 Å². The van der Waals surface area contributed by atoms with Gasteiger partial charge in [0.25, 0.3) is 29.2 Å². The summed E-state index contributed by atoms with van der Waals surface area (Å²) in [5.41, 5.74) is -4.99. The lowest BCUT2D eigenvalue weighted by Gasteiger charge is -2.55. The first-order valence-electron chi connectivity index (χ1n) is 15.0. The molecule has 3 heterocycles. The zero-order valence-corrected chi connectivity index (χ0v) is 27.3. The van der Waals surface area contributed by atoms with Gasteiger partial charge in [-0.05, 0) is 12.1 Å². The lowest BCUT2D eigenvalue weighted by atomic mass is 9.86. The number of nitrogens with zero attached hydrogens (tertiary/aromatic N) is 2. The van der Waals surface area contributed by atoms with Crippen molar-refractivity contribution in [3.8, 4) is 0 Å². The Kier molecular flexibility index (Phi) is 11.1. The summed E-state index contributed by atoms with van der Waals surface area (Å²) in [5, 5.41) is 135. The summed E-state index contributed by atoms with van der Waals surface area (Å²) in [7, 11) is 0. The molecule has 1 atom stereocenters. The van der Waals surface area contributed by atoms with Gasteiger partial charge in [0.05, 0.1) is 6.54 Å². The molecule has 0 bridgehead atoms. The highest BCUT2D eigenvalue weighted by atomic mass is 19.1. The number of carbonyl (C=O) groups is 3. The molecule has 2 aromatic carbocycles. The van der Waals surface area contributed by atoms with Gasteiger partial charge < -0.3 is 71.7 Å². The Balaban J connectivity index is 0.00000169. The second kappa shape index (κ2) is 13.6. The van der Waals surface area contributed by atoms with Crippen molar-refractivity contribution in [3.63, 3.8) is 0 Å². The van der Waals surface area contributed by atoms with Gasteiger partial charge in [0.1, 0.15) is 5.82 Å². The molecule has 284 valence electrons. The third-order valence-corrected chi connectivity index (χ3v) is 8.06. The molecular formula is C29H39FN4O17. The molecule has 2 saturated heterocycles. The summed E-state index contributed by atoms with van der Waals surface area (Å²) in [6, 6.07) is 7.10. The number of anilines is 1. The van der Waals surface area contributed by atoms with E-state index in [9.17, 15) is 80.8 Å². The van der Waals surface area contributed by atoms with Crippen molar-refractivity contribution in [2.75, 3.05) is 5.32 Å². The predicted molar refractivity (Wildman–Crippen MR) is 160 cm³/mol. The minimum atomic E-state index is -4.34. The van der Waals surface area contributed by atoms with Crippen LogP contribution in [0.1, 0.15) is 54.7 Å². The highest BCUT2D eigenvalue weighted by Crippen LogP contribution is 2.44. The Morgan fingerprint density at radius 1 is 0.765 bits per heavy atom. The van der Waals surface area contributed by atoms with Gasteiger partial charge >= 0.3 is 29.6 Å². The molecule has 2 fully saturated rings. The molecular weight excluding hydrogens is 695 g/mol. The Morgan fingerprint density at radius 2 is 1.27 bits per heavy atom. The molecule has 15 N–H and O–H groups in total. The molecule has 5 rings (SSSR count). The van der Waals surface area contributed by atoms with Crippen LogP contribution in [0.5, 0.6) is 0 Å². The topological polar surface area (TPSA) is 354 Å². The maximum absolute atomic E-state index is 15.6. The minimum absolute atomic E-state index is 0.0122. The van der Waals surface area contributed by atoms with Crippen LogP contribution < -0.4 is 10.6 Å². The van der Waals surface area contributed by atoms with Gasteiger partial charge in [-0.15, -0.1) is 0 Å². The minimum Gasteiger partial charge on any atom is -0.381 e. The number of amides is 3. The van der Waals surface area contributed by atoms with Crippen LogP contribution in [0.3, 0.4) is 0 Å². The summed E-state index contributed by atoms with van der Waals surface area (Å²) in [6.07, 6.45) is 0. The summed E-state index contributed by atoms with van der Waals surface area (Å²) >= 11 is 0. The monoisotopic (exact) mass is 734 g/mol. The fourth-order valence-electron chi connectivity index (χ4n) is 5.28. The highest BCUT2D eigenvalue weighted by Gasteiger charge is 2.77. The number of piperidine rings is 1. The Labute approximate surface area is 286 Å². The number of fused-ring (bicyclic) bond motifs is 1. The number of hydrogen-bond donors (Lipinski definition) is 15. The van der Waals surface area contributed by atoms with Gasteiger partial charge in [-0.1, -0.05) is 52.0 Å². The van der Waals surface area contributed by atoms with Crippen LogP contribution in [0.2, 0.25) is 0 Å². The molecule has 0 aliphatic carbocycles. The molecule has 22 heteroatoms. The molecule has 51 heavy (non-hydrogen) atoms. The maximum Gasteiger partial charge on any atom is 0.356 e. The quantitative estimate of drug-likeness (QED) is 0.0972. The number of nitrogens with one attached hydrogen (secondary N) is 2. The predicted octanol–water partition coefficient (Wildman–Crippen LogP) is -5.46. The van der Waals surface area contributed by atoms with Crippen molar-refractivity contribution in [3.05, 3.63) is 64.5 Å². The fourth-order valence-corrected chi connectivity index (χ4v) is 5.28. The van der Waals surface area contributed by atoms with Crippen LogP contribution in [0.4, 0.5) is 10.1 Å². The number of aliphatic hydroxyl groups is 13. The van der Waals surface area contributed by atoms with E-state index in [-0.39, 0.29) is 27.3 Å². The molecule has 0 radical (unpaired) electrons. The zero-order valence-electron chi connectivity index (χ0n) is 27.3. The van der Waals surface area contributed by atoms with Gasteiger partial charge in [0.15, 0.2) is 0 Å². The SMILES string of the molecule is CC.CC.O=C1c2cccc(NCc3cccc(CN4C(O)(O)C(O)(O)OC(O)(O)C4(O)O)c3F)c2CN1C1(O)C(=O)NC(=O)C(O)(O)C1(O)O. The maximum atomic E-state index is 15.6. The first-order chi connectivity index (χ1) is 23.4. The van der Waals surface area contributed by atoms with Gasteiger partial charge in [-0.25, -0.2) is 4.39 Å². The number of halogens is 1. The van der Waals surface area contributed by atoms with Crippen LogP contribution in [-0.2, 0) is 34.0 Å². The number of benzene rings is 2. The van der Waals surface area contributed by atoms with E-state index in [4.69, 9.17) is 0 Å². The van der Waals surface area contributed by atoms with Gasteiger partial charge in [-0.3, -0.25) is 29.3 Å². The average Bonchev–Trinajstić information content (AvgIpc) is 3.40. The van der Waals surface area contributed by atoms with E-state index in [0.29, 0.717) is 0 Å². The first-order valence-corrected chi connectivity index (χ1v) is 15.0. The van der Waals surface area contributed by atoms with Crippen LogP contribution >= 0.6 is 0 Å². The molecule has 3 aliphatic rings. The Morgan fingerprint density at radius 3 is 1.82 bits per heavy atom. The highest BCUT2D eigenvalue weighted by molar-refractivity contribution is 6.10. The molecule has 3 amide bonds. The molecule has 0 aromatic heterocycles. The lowest BCUT2D eigenvalue weighted by molar-refractivity contribution is -0.659. The third kappa shape index (κ3) is 6.14. The second-order valence-corrected chi connectivity index (χ2v) is 10.9. The summed E-state index contributed by atoms with van der Waals surface area (Å²) in [6.45, 7) is 5.36. The largest absolute Gasteiger partial charge is 0.381 e. The number of morpholine rings is 1. The van der Waals surface area contributed by atoms with E-state index < -0.39 is 94.7 Å². The number of imide groups is 1. The lowest BCUT2D eigenvalue weighted by Crippen LogP contribution is -2.85. The van der Waals surface area contributed by atoms with E-state index >= 15 is 4.39 Å². The molecule has 21 nitrogen and oxygen atoms in total. The van der Waals surface area contributed by atoms with E-state index in [1.54, 1.807) is 0 Å². The smallest absolute Gasteiger partial charge is 0.356 e. The molecule has 0 spiro atoms. The van der Waals surface area contributed by atoms with Crippen LogP contribution in [0.25, 0.3) is 0 Å². The van der Waals surface area contributed by atoms with Crippen molar-refractivity contribution < 1.29 is 89.9 Å². The normalized spacial score (nSPS) is 25.1. The number of ether oxygens (including phenoxy) is 1. The molecule has 0 saturated carbocycles. The van der Waals surface area contributed by atoms with Crippen molar-refractivity contribution in [2.45, 2.75) is 88.4 Å². The number of rotatable bonds is 6. The van der Waals surface area contributed by atoms with E-state index in [0.717, 1.165) is 6.07 Å². The van der Waals surface area contributed by atoms with Gasteiger partial charge in [0, 0.05) is 41.0 Å². The van der Waals surface area contributed by atoms with Gasteiger partial charge in [-0.2, -0.15) is 4.90 Å².